The Balaban J connectivity index is 1.69. The molecule has 1 heterocycles. The molecule has 0 aliphatic rings. The molecule has 0 spiro atoms. The number of nitrogens with zero attached hydrogens (tertiary/aromatic N) is 2. The van der Waals surface area contributed by atoms with Crippen molar-refractivity contribution in [3.05, 3.63) is 77.4 Å². The van der Waals surface area contributed by atoms with Gasteiger partial charge in [0.25, 0.3) is 0 Å². The maximum atomic E-state index is 4.37. The lowest BCUT2D eigenvalue weighted by Gasteiger charge is -2.05. The average Bonchev–Trinajstić information content (AvgIpc) is 2.55. The predicted octanol–water partition coefficient (Wildman–Crippen LogP) is 5.05. The number of hydrogen-bond acceptors (Lipinski definition) is 3. The summed E-state index contributed by atoms with van der Waals surface area (Å²) in [6.45, 7) is 4.20. The lowest BCUT2D eigenvalue weighted by molar-refractivity contribution is 0.934. The predicted molar refractivity (Wildman–Crippen MR) is 92.9 cm³/mol. The molecule has 110 valence electrons. The van der Waals surface area contributed by atoms with Crippen molar-refractivity contribution in [3.63, 3.8) is 0 Å². The Morgan fingerprint density at radius 1 is 0.818 bits per heavy atom. The van der Waals surface area contributed by atoms with Gasteiger partial charge in [0.1, 0.15) is 5.03 Å². The minimum Gasteiger partial charge on any atom is -0.149 e. The van der Waals surface area contributed by atoms with Gasteiger partial charge in [-0.05, 0) is 37.1 Å². The van der Waals surface area contributed by atoms with Gasteiger partial charge in [-0.15, -0.1) is 10.2 Å². The zero-order valence-electron chi connectivity index (χ0n) is 12.8. The molecule has 0 saturated carbocycles. The van der Waals surface area contributed by atoms with Gasteiger partial charge in [-0.1, -0.05) is 65.9 Å². The van der Waals surface area contributed by atoms with E-state index in [9.17, 15) is 0 Å². The van der Waals surface area contributed by atoms with Crippen molar-refractivity contribution in [2.24, 2.45) is 0 Å². The second kappa shape index (κ2) is 6.75. The molecule has 0 aliphatic heterocycles. The summed E-state index contributed by atoms with van der Waals surface area (Å²) in [6.07, 6.45) is 0. The molecule has 0 aliphatic carbocycles. The van der Waals surface area contributed by atoms with Gasteiger partial charge in [-0.25, -0.2) is 0 Å². The minimum absolute atomic E-state index is 0.915. The third kappa shape index (κ3) is 3.55. The Hall–Kier alpha value is -2.13. The first-order valence-corrected chi connectivity index (χ1v) is 8.29. The molecule has 0 atom stereocenters. The highest BCUT2D eigenvalue weighted by atomic mass is 32.2. The van der Waals surface area contributed by atoms with Crippen LogP contribution in [-0.2, 0) is 5.75 Å². The molecule has 3 aromatic rings. The van der Waals surface area contributed by atoms with Crippen molar-refractivity contribution in [2.45, 2.75) is 24.6 Å². The molecular weight excluding hydrogens is 288 g/mol. The Morgan fingerprint density at radius 3 is 2.27 bits per heavy atom. The van der Waals surface area contributed by atoms with E-state index in [1.807, 2.05) is 24.3 Å². The molecule has 0 radical (unpaired) electrons. The van der Waals surface area contributed by atoms with Gasteiger partial charge in [-0.2, -0.15) is 0 Å². The summed E-state index contributed by atoms with van der Waals surface area (Å²) in [7, 11) is 0. The molecule has 0 amide bonds. The van der Waals surface area contributed by atoms with Crippen LogP contribution in [0.15, 0.2) is 65.7 Å². The molecule has 0 unspecified atom stereocenters. The van der Waals surface area contributed by atoms with Crippen LogP contribution < -0.4 is 0 Å². The number of thioether (sulfide) groups is 1. The van der Waals surface area contributed by atoms with Gasteiger partial charge in [0.15, 0.2) is 0 Å². The summed E-state index contributed by atoms with van der Waals surface area (Å²) in [4.78, 5) is 0. The normalized spacial score (nSPS) is 10.6. The summed E-state index contributed by atoms with van der Waals surface area (Å²) < 4.78 is 0. The van der Waals surface area contributed by atoms with E-state index in [0.717, 1.165) is 22.0 Å². The zero-order chi connectivity index (χ0) is 15.4. The average molecular weight is 306 g/mol. The molecule has 0 saturated heterocycles. The lowest BCUT2D eigenvalue weighted by Crippen LogP contribution is -1.91. The molecule has 2 nitrogen and oxygen atoms in total. The highest BCUT2D eigenvalue weighted by Crippen LogP contribution is 2.24. The van der Waals surface area contributed by atoms with Crippen molar-refractivity contribution >= 4 is 11.8 Å². The van der Waals surface area contributed by atoms with E-state index in [0.29, 0.717) is 0 Å². The van der Waals surface area contributed by atoms with Gasteiger partial charge in [-0.3, -0.25) is 0 Å². The van der Waals surface area contributed by atoms with Crippen molar-refractivity contribution in [2.75, 3.05) is 0 Å². The lowest BCUT2D eigenvalue weighted by atomic mass is 10.1. The molecule has 3 rings (SSSR count). The summed E-state index contributed by atoms with van der Waals surface area (Å²) >= 11 is 1.71. The standard InChI is InChI=1S/C19H18N2S/c1-14-7-9-16(10-8-14)13-22-19-12-11-18(20-21-19)17-6-4-3-5-15(17)2/h3-12H,13H2,1-2H3. The number of aryl methyl sites for hydroxylation is 2. The van der Waals surface area contributed by atoms with Gasteiger partial charge < -0.3 is 0 Å². The van der Waals surface area contributed by atoms with E-state index in [1.54, 1.807) is 11.8 Å². The van der Waals surface area contributed by atoms with Crippen molar-refractivity contribution in [1.82, 2.24) is 10.2 Å². The first-order chi connectivity index (χ1) is 10.7. The van der Waals surface area contributed by atoms with Crippen molar-refractivity contribution in [3.8, 4) is 11.3 Å². The highest BCUT2D eigenvalue weighted by Gasteiger charge is 2.04. The SMILES string of the molecule is Cc1ccc(CSc2ccc(-c3ccccc3C)nn2)cc1. The van der Waals surface area contributed by atoms with Crippen LogP contribution in [0.3, 0.4) is 0 Å². The highest BCUT2D eigenvalue weighted by molar-refractivity contribution is 7.98. The fraction of sp³-hybridized carbons (Fsp3) is 0.158. The van der Waals surface area contributed by atoms with Gasteiger partial charge in [0.2, 0.25) is 0 Å². The fourth-order valence-electron chi connectivity index (χ4n) is 2.24. The van der Waals surface area contributed by atoms with Crippen molar-refractivity contribution in [1.29, 1.82) is 0 Å². The maximum absolute atomic E-state index is 4.37. The van der Waals surface area contributed by atoms with Crippen molar-refractivity contribution < 1.29 is 0 Å². The Kier molecular flexibility index (Phi) is 4.54. The second-order valence-electron chi connectivity index (χ2n) is 5.35. The first-order valence-electron chi connectivity index (χ1n) is 7.30. The van der Waals surface area contributed by atoms with Crippen LogP contribution in [0.5, 0.6) is 0 Å². The molecule has 1 aromatic heterocycles. The van der Waals surface area contributed by atoms with E-state index in [1.165, 1.54) is 16.7 Å². The zero-order valence-corrected chi connectivity index (χ0v) is 13.6. The van der Waals surface area contributed by atoms with E-state index in [4.69, 9.17) is 0 Å². The smallest absolute Gasteiger partial charge is 0.119 e. The summed E-state index contributed by atoms with van der Waals surface area (Å²) in [6, 6.07) is 21.0. The summed E-state index contributed by atoms with van der Waals surface area (Å²) in [5.74, 6) is 0.915. The quantitative estimate of drug-likeness (QED) is 0.631. The molecule has 0 fully saturated rings. The van der Waals surface area contributed by atoms with Crippen LogP contribution in [0.2, 0.25) is 0 Å². The number of hydrogen-bond donors (Lipinski definition) is 0. The van der Waals surface area contributed by atoms with E-state index in [2.05, 4.69) is 60.4 Å². The fourth-order valence-corrected chi connectivity index (χ4v) is 3.01. The molecule has 2 aromatic carbocycles. The van der Waals surface area contributed by atoms with E-state index < -0.39 is 0 Å². The van der Waals surface area contributed by atoms with Crippen LogP contribution in [0.25, 0.3) is 11.3 Å². The van der Waals surface area contributed by atoms with Gasteiger partial charge in [0, 0.05) is 11.3 Å². The number of aromatic nitrogens is 2. The summed E-state index contributed by atoms with van der Waals surface area (Å²) in [5.41, 5.74) is 5.89. The number of rotatable bonds is 4. The Bertz CT molecular complexity index is 749. The largest absolute Gasteiger partial charge is 0.149 e. The summed E-state index contributed by atoms with van der Waals surface area (Å²) in [5, 5.41) is 9.66. The van der Waals surface area contributed by atoms with Crippen LogP contribution in [0.4, 0.5) is 0 Å². The Labute approximate surface area is 135 Å². The topological polar surface area (TPSA) is 25.8 Å². The van der Waals surface area contributed by atoms with Gasteiger partial charge >= 0.3 is 0 Å². The number of benzene rings is 2. The second-order valence-corrected chi connectivity index (χ2v) is 6.34. The van der Waals surface area contributed by atoms with Gasteiger partial charge in [0.05, 0.1) is 5.69 Å². The van der Waals surface area contributed by atoms with Crippen LogP contribution in [0.1, 0.15) is 16.7 Å². The van der Waals surface area contributed by atoms with E-state index >= 15 is 0 Å². The molecule has 0 N–H and O–H groups in total. The van der Waals surface area contributed by atoms with Crippen LogP contribution in [-0.4, -0.2) is 10.2 Å². The molecular formula is C19H18N2S. The van der Waals surface area contributed by atoms with E-state index in [-0.39, 0.29) is 0 Å². The monoisotopic (exact) mass is 306 g/mol. The Morgan fingerprint density at radius 2 is 1.59 bits per heavy atom. The maximum Gasteiger partial charge on any atom is 0.119 e. The first kappa shape index (κ1) is 14.8. The molecule has 22 heavy (non-hydrogen) atoms. The van der Waals surface area contributed by atoms with Crippen LogP contribution in [0, 0.1) is 13.8 Å². The molecule has 0 bridgehead atoms. The molecule has 3 heteroatoms. The minimum atomic E-state index is 0.915. The third-order valence-electron chi connectivity index (χ3n) is 3.57. The third-order valence-corrected chi connectivity index (χ3v) is 4.56. The van der Waals surface area contributed by atoms with Crippen LogP contribution >= 0.6 is 11.8 Å².